The van der Waals surface area contributed by atoms with E-state index >= 15 is 0 Å². The molecule has 0 amide bonds. The summed E-state index contributed by atoms with van der Waals surface area (Å²) in [4.78, 5) is 7.27. The zero-order valence-corrected chi connectivity index (χ0v) is 18.9. The van der Waals surface area contributed by atoms with Crippen LogP contribution >= 0.6 is 0 Å². The van der Waals surface area contributed by atoms with E-state index < -0.39 is 10.0 Å². The van der Waals surface area contributed by atoms with E-state index in [0.29, 0.717) is 12.1 Å². The molecule has 0 bridgehead atoms. The Morgan fingerprint density at radius 3 is 2.24 bits per heavy atom. The Balaban J connectivity index is 2.03. The third-order valence-corrected chi connectivity index (χ3v) is 6.86. The predicted octanol–water partition coefficient (Wildman–Crippen LogP) is 3.95. The molecule has 0 saturated heterocycles. The molecular weight excluding hydrogens is 384 g/mol. The van der Waals surface area contributed by atoms with Crippen LogP contribution in [0, 0.1) is 13.8 Å². The average molecular weight is 415 g/mol. The maximum Gasteiger partial charge on any atom is 0.242 e. The second-order valence-electron chi connectivity index (χ2n) is 7.82. The van der Waals surface area contributed by atoms with Gasteiger partial charge in [0, 0.05) is 33.4 Å². The third-order valence-electron chi connectivity index (χ3n) is 5.05. The molecule has 0 radical (unpaired) electrons. The number of rotatable bonds is 7. The fourth-order valence-electron chi connectivity index (χ4n) is 3.60. The first kappa shape index (κ1) is 21.3. The highest BCUT2D eigenvalue weighted by atomic mass is 32.2. The monoisotopic (exact) mass is 414 g/mol. The molecule has 2 aromatic carbocycles. The molecule has 1 aromatic heterocycles. The summed E-state index contributed by atoms with van der Waals surface area (Å²) < 4.78 is 28.4. The maximum atomic E-state index is 12.5. The second-order valence-corrected chi connectivity index (χ2v) is 9.97. The topological polar surface area (TPSA) is 58.4 Å². The molecule has 0 unspecified atom stereocenters. The van der Waals surface area contributed by atoms with Crippen LogP contribution in [-0.4, -0.2) is 43.4 Å². The summed E-state index contributed by atoms with van der Waals surface area (Å²) in [6.45, 7) is 7.82. The van der Waals surface area contributed by atoms with E-state index in [0.717, 1.165) is 30.0 Å². The van der Waals surface area contributed by atoms with E-state index in [2.05, 4.69) is 55.5 Å². The molecule has 7 heteroatoms. The SMILES string of the molecule is CCCn1c(CN(C)c2cc(C)cc(C)c2)nc2cc(S(=O)(=O)N(C)C)ccc21. The number of aromatic nitrogens is 2. The van der Waals surface area contributed by atoms with Crippen molar-refractivity contribution in [3.8, 4) is 0 Å². The second kappa shape index (κ2) is 8.16. The largest absolute Gasteiger partial charge is 0.367 e. The minimum Gasteiger partial charge on any atom is -0.367 e. The van der Waals surface area contributed by atoms with Crippen molar-refractivity contribution in [1.29, 1.82) is 0 Å². The molecular formula is C22H30N4O2S. The Kier molecular flexibility index (Phi) is 6.00. The van der Waals surface area contributed by atoms with Crippen LogP contribution in [0.2, 0.25) is 0 Å². The number of fused-ring (bicyclic) bond motifs is 1. The highest BCUT2D eigenvalue weighted by Gasteiger charge is 2.20. The lowest BCUT2D eigenvalue weighted by atomic mass is 10.1. The molecule has 0 aliphatic rings. The predicted molar refractivity (Wildman–Crippen MR) is 119 cm³/mol. The highest BCUT2D eigenvalue weighted by molar-refractivity contribution is 7.89. The van der Waals surface area contributed by atoms with Crippen molar-refractivity contribution in [2.75, 3.05) is 26.0 Å². The molecule has 0 aliphatic heterocycles. The summed E-state index contributed by atoms with van der Waals surface area (Å²) in [7, 11) is 1.66. The molecule has 0 saturated carbocycles. The van der Waals surface area contributed by atoms with Gasteiger partial charge < -0.3 is 9.47 Å². The molecule has 0 aliphatic carbocycles. The van der Waals surface area contributed by atoms with Gasteiger partial charge in [0.15, 0.2) is 0 Å². The summed E-state index contributed by atoms with van der Waals surface area (Å²) in [5.41, 5.74) is 5.28. The Hall–Kier alpha value is -2.38. The van der Waals surface area contributed by atoms with Crippen LogP contribution in [0.25, 0.3) is 11.0 Å². The molecule has 3 rings (SSSR count). The van der Waals surface area contributed by atoms with E-state index in [1.165, 1.54) is 15.4 Å². The van der Waals surface area contributed by atoms with Crippen molar-refractivity contribution in [2.45, 2.75) is 45.2 Å². The van der Waals surface area contributed by atoms with Crippen molar-refractivity contribution in [2.24, 2.45) is 0 Å². The first-order valence-electron chi connectivity index (χ1n) is 9.84. The number of imidazole rings is 1. The molecule has 0 atom stereocenters. The van der Waals surface area contributed by atoms with Crippen molar-refractivity contribution in [3.63, 3.8) is 0 Å². The number of anilines is 1. The number of aryl methyl sites for hydroxylation is 3. The molecule has 3 aromatic rings. The third kappa shape index (κ3) is 4.31. The van der Waals surface area contributed by atoms with Crippen LogP contribution in [0.5, 0.6) is 0 Å². The standard InChI is InChI=1S/C22H30N4O2S/c1-7-10-26-21-9-8-19(29(27,28)24(4)5)14-20(21)23-22(26)15-25(6)18-12-16(2)11-17(3)13-18/h8-9,11-14H,7,10,15H2,1-6H3. The fourth-order valence-corrected chi connectivity index (χ4v) is 4.52. The minimum absolute atomic E-state index is 0.269. The molecule has 29 heavy (non-hydrogen) atoms. The van der Waals surface area contributed by atoms with Crippen LogP contribution < -0.4 is 4.90 Å². The zero-order chi connectivity index (χ0) is 21.3. The highest BCUT2D eigenvalue weighted by Crippen LogP contribution is 2.25. The van der Waals surface area contributed by atoms with Crippen LogP contribution in [-0.2, 0) is 23.1 Å². The number of hydrogen-bond donors (Lipinski definition) is 0. The normalized spacial score (nSPS) is 12.1. The Morgan fingerprint density at radius 2 is 1.66 bits per heavy atom. The van der Waals surface area contributed by atoms with Gasteiger partial charge in [0.05, 0.1) is 22.5 Å². The Bertz CT molecular complexity index is 1110. The van der Waals surface area contributed by atoms with Gasteiger partial charge >= 0.3 is 0 Å². The minimum atomic E-state index is -3.49. The summed E-state index contributed by atoms with van der Waals surface area (Å²) in [5.74, 6) is 0.933. The first-order valence-corrected chi connectivity index (χ1v) is 11.3. The smallest absolute Gasteiger partial charge is 0.242 e. The molecule has 0 spiro atoms. The van der Waals surface area contributed by atoms with Gasteiger partial charge in [-0.15, -0.1) is 0 Å². The summed E-state index contributed by atoms with van der Waals surface area (Å²) >= 11 is 0. The van der Waals surface area contributed by atoms with Crippen LogP contribution in [0.4, 0.5) is 5.69 Å². The number of nitrogens with zero attached hydrogens (tertiary/aromatic N) is 4. The molecule has 6 nitrogen and oxygen atoms in total. The van der Waals surface area contributed by atoms with Crippen LogP contribution in [0.3, 0.4) is 0 Å². The lowest BCUT2D eigenvalue weighted by Crippen LogP contribution is -2.22. The zero-order valence-electron chi connectivity index (χ0n) is 18.1. The number of benzene rings is 2. The van der Waals surface area contributed by atoms with Crippen molar-refractivity contribution in [1.82, 2.24) is 13.9 Å². The molecule has 156 valence electrons. The van der Waals surface area contributed by atoms with Gasteiger partial charge in [0.25, 0.3) is 0 Å². The van der Waals surface area contributed by atoms with Gasteiger partial charge in [0.1, 0.15) is 5.82 Å². The fraction of sp³-hybridized carbons (Fsp3) is 0.409. The van der Waals surface area contributed by atoms with Crippen LogP contribution in [0.15, 0.2) is 41.3 Å². The van der Waals surface area contributed by atoms with Gasteiger partial charge in [-0.1, -0.05) is 13.0 Å². The quantitative estimate of drug-likeness (QED) is 0.587. The Labute approximate surface area is 173 Å². The van der Waals surface area contributed by atoms with E-state index in [-0.39, 0.29) is 4.90 Å². The van der Waals surface area contributed by atoms with Crippen molar-refractivity contribution in [3.05, 3.63) is 53.3 Å². The van der Waals surface area contributed by atoms with Gasteiger partial charge in [-0.3, -0.25) is 0 Å². The van der Waals surface area contributed by atoms with Gasteiger partial charge in [-0.05, 0) is 61.7 Å². The maximum absolute atomic E-state index is 12.5. The van der Waals surface area contributed by atoms with E-state index in [1.807, 2.05) is 6.07 Å². The average Bonchev–Trinajstić information content (AvgIpc) is 2.97. The molecule has 0 fully saturated rings. The summed E-state index contributed by atoms with van der Waals surface area (Å²) in [5, 5.41) is 0. The molecule has 0 N–H and O–H groups in total. The van der Waals surface area contributed by atoms with Gasteiger partial charge in [0.2, 0.25) is 10.0 Å². The number of sulfonamides is 1. The van der Waals surface area contributed by atoms with Crippen molar-refractivity contribution >= 4 is 26.7 Å². The first-order chi connectivity index (χ1) is 13.6. The Morgan fingerprint density at radius 1 is 1.00 bits per heavy atom. The van der Waals surface area contributed by atoms with Crippen LogP contribution in [0.1, 0.15) is 30.3 Å². The molecule has 1 heterocycles. The van der Waals surface area contributed by atoms with E-state index in [9.17, 15) is 8.42 Å². The summed E-state index contributed by atoms with van der Waals surface area (Å²) in [6, 6.07) is 11.7. The number of hydrogen-bond acceptors (Lipinski definition) is 4. The van der Waals surface area contributed by atoms with E-state index in [1.54, 1.807) is 26.2 Å². The van der Waals surface area contributed by atoms with Crippen molar-refractivity contribution < 1.29 is 8.42 Å². The summed E-state index contributed by atoms with van der Waals surface area (Å²) in [6.07, 6.45) is 0.976. The van der Waals surface area contributed by atoms with Gasteiger partial charge in [-0.2, -0.15) is 0 Å². The lowest BCUT2D eigenvalue weighted by molar-refractivity contribution is 0.521. The van der Waals surface area contributed by atoms with E-state index in [4.69, 9.17) is 4.98 Å². The lowest BCUT2D eigenvalue weighted by Gasteiger charge is -2.21. The van der Waals surface area contributed by atoms with Gasteiger partial charge in [-0.25, -0.2) is 17.7 Å².